The van der Waals surface area contributed by atoms with Crippen LogP contribution < -0.4 is 0 Å². The summed E-state index contributed by atoms with van der Waals surface area (Å²) in [5, 5.41) is 0. The molecule has 0 amide bonds. The first kappa shape index (κ1) is 16.6. The van der Waals surface area contributed by atoms with Gasteiger partial charge in [0.25, 0.3) is 0 Å². The lowest BCUT2D eigenvalue weighted by Gasteiger charge is -2.39. The summed E-state index contributed by atoms with van der Waals surface area (Å²) in [5.74, 6) is 0.717. The predicted octanol–water partition coefficient (Wildman–Crippen LogP) is 1.45. The highest BCUT2D eigenvalue weighted by molar-refractivity contribution is 7.85. The summed E-state index contributed by atoms with van der Waals surface area (Å²) in [7, 11) is 0.865. The number of nitrogens with zero attached hydrogens (tertiary/aromatic N) is 2. The average molecular weight is 310 g/mol. The first-order chi connectivity index (χ1) is 10.2. The van der Waals surface area contributed by atoms with Gasteiger partial charge in [0.2, 0.25) is 0 Å². The number of methoxy groups -OCH3 is 1. The fourth-order valence-electron chi connectivity index (χ4n) is 2.72. The SMILES string of the molecule is COCCN1CCN(CC[S@@](=O)c2ccccc2)C[C@H]1C. The second-order valence-corrected chi connectivity index (χ2v) is 7.11. The van der Waals surface area contributed by atoms with Crippen molar-refractivity contribution in [2.24, 2.45) is 0 Å². The quantitative estimate of drug-likeness (QED) is 0.763. The molecule has 0 bridgehead atoms. The topological polar surface area (TPSA) is 32.8 Å². The zero-order valence-electron chi connectivity index (χ0n) is 13.0. The highest BCUT2D eigenvalue weighted by Gasteiger charge is 2.23. The third-order valence-corrected chi connectivity index (χ3v) is 5.38. The van der Waals surface area contributed by atoms with E-state index in [2.05, 4.69) is 16.7 Å². The number of piperazine rings is 1. The highest BCUT2D eigenvalue weighted by Crippen LogP contribution is 2.11. The zero-order chi connectivity index (χ0) is 15.1. The molecule has 0 unspecified atom stereocenters. The van der Waals surface area contributed by atoms with E-state index in [1.54, 1.807) is 7.11 Å². The first-order valence-electron chi connectivity index (χ1n) is 7.59. The van der Waals surface area contributed by atoms with Gasteiger partial charge in [0.05, 0.1) is 17.4 Å². The van der Waals surface area contributed by atoms with Gasteiger partial charge in [-0.3, -0.25) is 14.0 Å². The van der Waals surface area contributed by atoms with E-state index in [1.807, 2.05) is 30.3 Å². The molecular formula is C16H26N2O2S. The molecule has 1 fully saturated rings. The highest BCUT2D eigenvalue weighted by atomic mass is 32.2. The van der Waals surface area contributed by atoms with Crippen LogP contribution in [0, 0.1) is 0 Å². The lowest BCUT2D eigenvalue weighted by atomic mass is 10.2. The van der Waals surface area contributed by atoms with Crippen molar-refractivity contribution in [3.05, 3.63) is 30.3 Å². The lowest BCUT2D eigenvalue weighted by molar-refractivity contribution is 0.0618. The monoisotopic (exact) mass is 310 g/mol. The second kappa shape index (κ2) is 8.63. The van der Waals surface area contributed by atoms with Gasteiger partial charge < -0.3 is 4.74 Å². The summed E-state index contributed by atoms with van der Waals surface area (Å²) in [5.41, 5.74) is 0. The van der Waals surface area contributed by atoms with Crippen molar-refractivity contribution in [3.8, 4) is 0 Å². The Morgan fingerprint density at radius 3 is 2.67 bits per heavy atom. The summed E-state index contributed by atoms with van der Waals surface area (Å²) < 4.78 is 17.4. The molecule has 2 rings (SSSR count). The Labute approximate surface area is 130 Å². The number of hydrogen-bond donors (Lipinski definition) is 0. The van der Waals surface area contributed by atoms with E-state index in [1.165, 1.54) is 0 Å². The molecule has 1 aromatic rings. The van der Waals surface area contributed by atoms with Crippen LogP contribution in [0.2, 0.25) is 0 Å². The summed E-state index contributed by atoms with van der Waals surface area (Å²) in [4.78, 5) is 5.83. The van der Waals surface area contributed by atoms with Crippen LogP contribution in [-0.4, -0.2) is 72.2 Å². The molecule has 0 radical (unpaired) electrons. The van der Waals surface area contributed by atoms with Crippen LogP contribution in [0.15, 0.2) is 35.2 Å². The van der Waals surface area contributed by atoms with E-state index in [9.17, 15) is 4.21 Å². The molecule has 0 aromatic heterocycles. The van der Waals surface area contributed by atoms with E-state index >= 15 is 0 Å². The maximum atomic E-state index is 12.2. The number of benzene rings is 1. The number of ether oxygens (including phenoxy) is 1. The van der Waals surface area contributed by atoms with Crippen molar-refractivity contribution in [1.82, 2.24) is 9.80 Å². The zero-order valence-corrected chi connectivity index (χ0v) is 13.8. The summed E-state index contributed by atoms with van der Waals surface area (Å²) >= 11 is 0. The Kier molecular flexibility index (Phi) is 6.83. The summed E-state index contributed by atoms with van der Waals surface area (Å²) in [6, 6.07) is 10.3. The van der Waals surface area contributed by atoms with Gasteiger partial charge in [-0.15, -0.1) is 0 Å². The molecule has 0 spiro atoms. The Bertz CT molecular complexity index is 441. The predicted molar refractivity (Wildman–Crippen MR) is 87.1 cm³/mol. The van der Waals surface area contributed by atoms with E-state index in [0.717, 1.165) is 50.0 Å². The fourth-order valence-corrected chi connectivity index (χ4v) is 3.84. The van der Waals surface area contributed by atoms with Crippen molar-refractivity contribution < 1.29 is 8.95 Å². The number of rotatable bonds is 7. The molecule has 0 aliphatic carbocycles. The van der Waals surface area contributed by atoms with Gasteiger partial charge in [0.15, 0.2) is 0 Å². The minimum Gasteiger partial charge on any atom is -0.383 e. The summed E-state index contributed by atoms with van der Waals surface area (Å²) in [6.45, 7) is 8.14. The molecule has 1 aromatic carbocycles. The molecule has 118 valence electrons. The number of hydrogen-bond acceptors (Lipinski definition) is 4. The summed E-state index contributed by atoms with van der Waals surface area (Å²) in [6.07, 6.45) is 0. The van der Waals surface area contributed by atoms with Crippen LogP contribution in [-0.2, 0) is 15.5 Å². The molecule has 0 saturated carbocycles. The van der Waals surface area contributed by atoms with Crippen LogP contribution in [0.4, 0.5) is 0 Å². The Hall–Kier alpha value is -0.750. The van der Waals surface area contributed by atoms with Gasteiger partial charge >= 0.3 is 0 Å². The molecule has 1 aliphatic rings. The minimum atomic E-state index is -0.885. The van der Waals surface area contributed by atoms with Crippen LogP contribution in [0.5, 0.6) is 0 Å². The maximum Gasteiger partial charge on any atom is 0.0589 e. The van der Waals surface area contributed by atoms with Crippen LogP contribution in [0.1, 0.15) is 6.92 Å². The van der Waals surface area contributed by atoms with Crippen molar-refractivity contribution in [3.63, 3.8) is 0 Å². The molecular weight excluding hydrogens is 284 g/mol. The molecule has 1 aliphatic heterocycles. The van der Waals surface area contributed by atoms with Gasteiger partial charge in [-0.25, -0.2) is 0 Å². The third-order valence-electron chi connectivity index (χ3n) is 4.03. The van der Waals surface area contributed by atoms with E-state index in [0.29, 0.717) is 6.04 Å². The van der Waals surface area contributed by atoms with Gasteiger partial charge in [0.1, 0.15) is 0 Å². The smallest absolute Gasteiger partial charge is 0.0589 e. The molecule has 2 atom stereocenters. The van der Waals surface area contributed by atoms with Crippen molar-refractivity contribution in [2.75, 3.05) is 52.2 Å². The second-order valence-electron chi connectivity index (χ2n) is 5.54. The maximum absolute atomic E-state index is 12.2. The molecule has 4 nitrogen and oxygen atoms in total. The van der Waals surface area contributed by atoms with Crippen LogP contribution in [0.25, 0.3) is 0 Å². The minimum absolute atomic E-state index is 0.541. The lowest BCUT2D eigenvalue weighted by Crippen LogP contribution is -2.53. The standard InChI is InChI=1S/C16H26N2O2S/c1-15-14-17(8-9-18(15)10-12-20-2)11-13-21(19)16-6-4-3-5-7-16/h3-7,15H,8-14H2,1-2H3/t15-,21-/m1/s1. The Morgan fingerprint density at radius 2 is 2.00 bits per heavy atom. The van der Waals surface area contributed by atoms with Gasteiger partial charge in [-0.1, -0.05) is 18.2 Å². The average Bonchev–Trinajstić information content (AvgIpc) is 2.52. The van der Waals surface area contributed by atoms with Crippen molar-refractivity contribution >= 4 is 10.8 Å². The molecule has 1 heterocycles. The van der Waals surface area contributed by atoms with Crippen molar-refractivity contribution in [1.29, 1.82) is 0 Å². The molecule has 5 heteroatoms. The first-order valence-corrected chi connectivity index (χ1v) is 8.91. The van der Waals surface area contributed by atoms with E-state index in [4.69, 9.17) is 4.74 Å². The Morgan fingerprint density at radius 1 is 1.24 bits per heavy atom. The Balaban J connectivity index is 1.74. The normalized spacial score (nSPS) is 22.3. The van der Waals surface area contributed by atoms with Gasteiger partial charge in [-0.2, -0.15) is 0 Å². The van der Waals surface area contributed by atoms with E-state index in [-0.39, 0.29) is 0 Å². The van der Waals surface area contributed by atoms with Crippen LogP contribution >= 0.6 is 0 Å². The third kappa shape index (κ3) is 5.18. The van der Waals surface area contributed by atoms with Crippen LogP contribution in [0.3, 0.4) is 0 Å². The van der Waals surface area contributed by atoms with E-state index < -0.39 is 10.8 Å². The van der Waals surface area contributed by atoms with Gasteiger partial charge in [0, 0.05) is 56.5 Å². The largest absolute Gasteiger partial charge is 0.383 e. The molecule has 1 saturated heterocycles. The molecule has 0 N–H and O–H groups in total. The fraction of sp³-hybridized carbons (Fsp3) is 0.625. The molecule has 21 heavy (non-hydrogen) atoms. The van der Waals surface area contributed by atoms with Crippen molar-refractivity contribution in [2.45, 2.75) is 17.9 Å². The van der Waals surface area contributed by atoms with Gasteiger partial charge in [-0.05, 0) is 19.1 Å².